The zero-order chi connectivity index (χ0) is 11.4. The minimum atomic E-state index is 0.764. The molecule has 2 rings (SSSR count). The molecule has 0 saturated carbocycles. The summed E-state index contributed by atoms with van der Waals surface area (Å²) in [6, 6.07) is 5.84. The number of hydrogen-bond donors (Lipinski definition) is 1. The number of rotatable bonds is 5. The van der Waals surface area contributed by atoms with Crippen molar-refractivity contribution in [1.29, 1.82) is 0 Å². The third-order valence-corrected chi connectivity index (χ3v) is 2.50. The van der Waals surface area contributed by atoms with Gasteiger partial charge in [0.05, 0.1) is 18.1 Å². The Hall–Kier alpha value is -1.55. The summed E-state index contributed by atoms with van der Waals surface area (Å²) in [6.07, 6.45) is 1.89. The predicted octanol–water partition coefficient (Wildman–Crippen LogP) is 2.15. The fourth-order valence-electron chi connectivity index (χ4n) is 1.67. The number of aryl methyl sites for hydroxylation is 1. The van der Waals surface area contributed by atoms with Gasteiger partial charge in [-0.1, -0.05) is 0 Å². The van der Waals surface area contributed by atoms with Gasteiger partial charge in [-0.3, -0.25) is 0 Å². The van der Waals surface area contributed by atoms with Crippen molar-refractivity contribution in [2.45, 2.75) is 12.8 Å². The zero-order valence-corrected chi connectivity index (χ0v) is 9.62. The highest BCUT2D eigenvalue weighted by Crippen LogP contribution is 2.18. The van der Waals surface area contributed by atoms with E-state index in [1.165, 1.54) is 0 Å². The molecule has 0 radical (unpaired) electrons. The fraction of sp³-hybridized carbons (Fsp3) is 0.417. The Labute approximate surface area is 94.6 Å². The molecule has 0 unspecified atom stereocenters. The molecule has 0 bridgehead atoms. The highest BCUT2D eigenvalue weighted by atomic mass is 16.5. The molecule has 1 aromatic heterocycles. The lowest BCUT2D eigenvalue weighted by Crippen LogP contribution is -1.93. The van der Waals surface area contributed by atoms with Gasteiger partial charge in [-0.15, -0.1) is 0 Å². The van der Waals surface area contributed by atoms with Gasteiger partial charge in [-0.25, -0.2) is 4.98 Å². The summed E-state index contributed by atoms with van der Waals surface area (Å²) < 4.78 is 10.2. The monoisotopic (exact) mass is 220 g/mol. The van der Waals surface area contributed by atoms with Crippen LogP contribution in [-0.4, -0.2) is 30.8 Å². The minimum Gasteiger partial charge on any atom is -0.497 e. The number of aromatic amines is 1. The van der Waals surface area contributed by atoms with Gasteiger partial charge >= 0.3 is 0 Å². The summed E-state index contributed by atoms with van der Waals surface area (Å²) in [6.45, 7) is 0.764. The molecule has 4 heteroatoms. The van der Waals surface area contributed by atoms with Crippen LogP contribution in [0.5, 0.6) is 5.75 Å². The molecule has 2 aromatic rings. The molecule has 0 spiro atoms. The van der Waals surface area contributed by atoms with Gasteiger partial charge < -0.3 is 14.5 Å². The maximum absolute atomic E-state index is 5.16. The number of aromatic nitrogens is 2. The van der Waals surface area contributed by atoms with Gasteiger partial charge in [0, 0.05) is 26.2 Å². The summed E-state index contributed by atoms with van der Waals surface area (Å²) in [5.74, 6) is 1.85. The number of ether oxygens (including phenoxy) is 2. The van der Waals surface area contributed by atoms with Crippen LogP contribution in [0.15, 0.2) is 18.2 Å². The van der Waals surface area contributed by atoms with E-state index in [2.05, 4.69) is 9.97 Å². The molecule has 4 nitrogen and oxygen atoms in total. The Bertz CT molecular complexity index is 465. The lowest BCUT2D eigenvalue weighted by molar-refractivity contribution is 0.194. The molecule has 0 aliphatic rings. The summed E-state index contributed by atoms with van der Waals surface area (Å²) in [5.41, 5.74) is 2.00. The number of nitrogens with zero attached hydrogens (tertiary/aromatic N) is 1. The first kappa shape index (κ1) is 11.0. The summed E-state index contributed by atoms with van der Waals surface area (Å²) in [7, 11) is 3.38. The van der Waals surface area contributed by atoms with E-state index in [0.717, 1.165) is 42.1 Å². The molecule has 1 N–H and O–H groups in total. The van der Waals surface area contributed by atoms with E-state index >= 15 is 0 Å². The number of hydrogen-bond acceptors (Lipinski definition) is 3. The first-order chi connectivity index (χ1) is 7.83. The van der Waals surface area contributed by atoms with Crippen LogP contribution in [0.2, 0.25) is 0 Å². The van der Waals surface area contributed by atoms with Crippen LogP contribution in [0.25, 0.3) is 11.0 Å². The zero-order valence-electron chi connectivity index (χ0n) is 9.62. The van der Waals surface area contributed by atoms with Crippen molar-refractivity contribution < 1.29 is 9.47 Å². The number of imidazole rings is 1. The Balaban J connectivity index is 2.16. The highest BCUT2D eigenvalue weighted by Gasteiger charge is 2.03. The first-order valence-corrected chi connectivity index (χ1v) is 5.35. The molecular formula is C12H16N2O2. The third-order valence-electron chi connectivity index (χ3n) is 2.50. The Morgan fingerprint density at radius 1 is 1.31 bits per heavy atom. The maximum Gasteiger partial charge on any atom is 0.121 e. The second-order valence-electron chi connectivity index (χ2n) is 3.66. The molecule has 1 aromatic carbocycles. The molecule has 0 atom stereocenters. The van der Waals surface area contributed by atoms with Crippen LogP contribution in [0.4, 0.5) is 0 Å². The third kappa shape index (κ3) is 2.33. The molecule has 0 saturated heterocycles. The van der Waals surface area contributed by atoms with Crippen molar-refractivity contribution in [3.05, 3.63) is 24.0 Å². The van der Waals surface area contributed by atoms with Gasteiger partial charge in [0.15, 0.2) is 0 Å². The van der Waals surface area contributed by atoms with E-state index in [9.17, 15) is 0 Å². The van der Waals surface area contributed by atoms with Gasteiger partial charge in [0.25, 0.3) is 0 Å². The van der Waals surface area contributed by atoms with Crippen molar-refractivity contribution in [2.75, 3.05) is 20.8 Å². The van der Waals surface area contributed by atoms with E-state index < -0.39 is 0 Å². The van der Waals surface area contributed by atoms with E-state index in [-0.39, 0.29) is 0 Å². The average molecular weight is 220 g/mol. The van der Waals surface area contributed by atoms with E-state index in [4.69, 9.17) is 9.47 Å². The maximum atomic E-state index is 5.16. The van der Waals surface area contributed by atoms with Gasteiger partial charge in [0.1, 0.15) is 11.6 Å². The van der Waals surface area contributed by atoms with Crippen LogP contribution >= 0.6 is 0 Å². The average Bonchev–Trinajstić information content (AvgIpc) is 2.70. The smallest absolute Gasteiger partial charge is 0.121 e. The number of fused-ring (bicyclic) bond motifs is 1. The molecule has 0 aliphatic heterocycles. The van der Waals surface area contributed by atoms with Crippen molar-refractivity contribution in [3.8, 4) is 5.75 Å². The number of H-pyrrole nitrogens is 1. The quantitative estimate of drug-likeness (QED) is 0.785. The number of nitrogens with one attached hydrogen (secondary N) is 1. The molecular weight excluding hydrogens is 204 g/mol. The van der Waals surface area contributed by atoms with E-state index in [1.54, 1.807) is 14.2 Å². The highest BCUT2D eigenvalue weighted by molar-refractivity contribution is 5.76. The Morgan fingerprint density at radius 3 is 2.94 bits per heavy atom. The Kier molecular flexibility index (Phi) is 3.41. The van der Waals surface area contributed by atoms with Crippen molar-refractivity contribution in [1.82, 2.24) is 9.97 Å². The van der Waals surface area contributed by atoms with Crippen LogP contribution < -0.4 is 4.74 Å². The topological polar surface area (TPSA) is 47.1 Å². The largest absolute Gasteiger partial charge is 0.497 e. The fourth-order valence-corrected chi connectivity index (χ4v) is 1.67. The van der Waals surface area contributed by atoms with E-state index in [0.29, 0.717) is 0 Å². The van der Waals surface area contributed by atoms with Crippen molar-refractivity contribution in [3.63, 3.8) is 0 Å². The van der Waals surface area contributed by atoms with Gasteiger partial charge in [-0.2, -0.15) is 0 Å². The summed E-state index contributed by atoms with van der Waals surface area (Å²) in [5, 5.41) is 0. The standard InChI is InChI=1S/C12H16N2O2/c1-15-7-3-4-12-13-10-6-5-9(16-2)8-11(10)14-12/h5-6,8H,3-4,7H2,1-2H3,(H,13,14). The first-order valence-electron chi connectivity index (χ1n) is 5.35. The van der Waals surface area contributed by atoms with Crippen LogP contribution in [-0.2, 0) is 11.2 Å². The minimum absolute atomic E-state index is 0.764. The van der Waals surface area contributed by atoms with Crippen molar-refractivity contribution >= 4 is 11.0 Å². The summed E-state index contributed by atoms with van der Waals surface area (Å²) in [4.78, 5) is 7.78. The number of benzene rings is 1. The molecule has 0 aliphatic carbocycles. The van der Waals surface area contributed by atoms with Crippen molar-refractivity contribution in [2.24, 2.45) is 0 Å². The second kappa shape index (κ2) is 4.99. The van der Waals surface area contributed by atoms with Gasteiger partial charge in [-0.05, 0) is 18.6 Å². The molecule has 0 fully saturated rings. The SMILES string of the molecule is COCCCc1nc2ccc(OC)cc2[nH]1. The number of methoxy groups -OCH3 is 2. The van der Waals surface area contributed by atoms with Crippen LogP contribution in [0, 0.1) is 0 Å². The lowest BCUT2D eigenvalue weighted by atomic mass is 10.3. The van der Waals surface area contributed by atoms with E-state index in [1.807, 2.05) is 18.2 Å². The van der Waals surface area contributed by atoms with Crippen LogP contribution in [0.1, 0.15) is 12.2 Å². The predicted molar refractivity (Wildman–Crippen MR) is 62.8 cm³/mol. The summed E-state index contributed by atoms with van der Waals surface area (Å²) >= 11 is 0. The second-order valence-corrected chi connectivity index (χ2v) is 3.66. The van der Waals surface area contributed by atoms with Gasteiger partial charge in [0.2, 0.25) is 0 Å². The Morgan fingerprint density at radius 2 is 2.19 bits per heavy atom. The molecule has 86 valence electrons. The molecule has 16 heavy (non-hydrogen) atoms. The lowest BCUT2D eigenvalue weighted by Gasteiger charge is -1.96. The normalized spacial score (nSPS) is 10.9. The van der Waals surface area contributed by atoms with Crippen LogP contribution in [0.3, 0.4) is 0 Å². The molecule has 1 heterocycles. The molecule has 0 amide bonds.